The van der Waals surface area contributed by atoms with Crippen LogP contribution in [0.25, 0.3) is 0 Å². The molecule has 5 heteroatoms. The average molecular weight is 146 g/mol. The van der Waals surface area contributed by atoms with E-state index in [1.54, 1.807) is 0 Å². The molecule has 0 aromatic carbocycles. The van der Waals surface area contributed by atoms with E-state index in [2.05, 4.69) is 17.9 Å². The monoisotopic (exact) mass is 146 g/mol. The van der Waals surface area contributed by atoms with Crippen molar-refractivity contribution in [2.24, 2.45) is 0 Å². The first kappa shape index (κ1) is 6.41. The quantitative estimate of drug-likeness (QED) is 0.318. The molecule has 9 heavy (non-hydrogen) atoms. The molecule has 2 N–H and O–H groups in total. The maximum absolute atomic E-state index is 10.6. The Kier molecular flexibility index (Phi) is 1.16. The van der Waals surface area contributed by atoms with Gasteiger partial charge in [0.15, 0.2) is 4.87 Å². The zero-order valence-electron chi connectivity index (χ0n) is 4.76. The molecule has 1 unspecified atom stereocenters. The first-order chi connectivity index (χ1) is 4.02. The fourth-order valence-corrected chi connectivity index (χ4v) is 0.691. The van der Waals surface area contributed by atoms with Gasteiger partial charge in [-0.05, 0) is 6.92 Å². The number of amides is 3. The van der Waals surface area contributed by atoms with Crippen LogP contribution in [-0.4, -0.2) is 16.8 Å². The molecular weight excluding hydrogens is 140 g/mol. The number of hydrogen-bond donors (Lipinski definition) is 3. The number of hydrogen-bond acceptors (Lipinski definition) is 3. The van der Waals surface area contributed by atoms with Gasteiger partial charge in [-0.1, -0.05) is 0 Å². The second-order valence-electron chi connectivity index (χ2n) is 1.98. The third-order valence-corrected chi connectivity index (χ3v) is 1.34. The molecule has 50 valence electrons. The zero-order chi connectivity index (χ0) is 7.07. The Morgan fingerprint density at radius 1 is 1.56 bits per heavy atom. The molecule has 3 amide bonds. The van der Waals surface area contributed by atoms with E-state index in [-0.39, 0.29) is 0 Å². The minimum absolute atomic E-state index is 0.407. The van der Waals surface area contributed by atoms with E-state index in [0.717, 1.165) is 0 Å². The Bertz CT molecular complexity index is 177. The van der Waals surface area contributed by atoms with Gasteiger partial charge < -0.3 is 5.32 Å². The summed E-state index contributed by atoms with van der Waals surface area (Å²) in [6.45, 7) is 1.51. The topological polar surface area (TPSA) is 58.2 Å². The van der Waals surface area contributed by atoms with Gasteiger partial charge in [0.05, 0.1) is 0 Å². The molecule has 0 radical (unpaired) electrons. The third kappa shape index (κ3) is 0.999. The summed E-state index contributed by atoms with van der Waals surface area (Å²) in [5, 5.41) is 4.35. The number of carbonyl (C=O) groups is 2. The fourth-order valence-electron chi connectivity index (χ4n) is 0.534. The summed E-state index contributed by atoms with van der Waals surface area (Å²) in [6, 6.07) is -0.488. The normalized spacial score (nSPS) is 34.0. The Hall–Kier alpha value is -0.710. The van der Waals surface area contributed by atoms with Gasteiger partial charge >= 0.3 is 6.03 Å². The van der Waals surface area contributed by atoms with Gasteiger partial charge in [0, 0.05) is 0 Å². The molecule has 0 aliphatic carbocycles. The van der Waals surface area contributed by atoms with Crippen LogP contribution >= 0.6 is 12.6 Å². The zero-order valence-corrected chi connectivity index (χ0v) is 5.66. The molecule has 1 atom stereocenters. The van der Waals surface area contributed by atoms with Gasteiger partial charge in [-0.15, -0.1) is 12.6 Å². The molecule has 1 saturated heterocycles. The Morgan fingerprint density at radius 3 is 2.22 bits per heavy atom. The van der Waals surface area contributed by atoms with Gasteiger partial charge in [0.1, 0.15) is 0 Å². The van der Waals surface area contributed by atoms with E-state index in [1.807, 2.05) is 5.32 Å². The first-order valence-corrected chi connectivity index (χ1v) is 2.83. The van der Waals surface area contributed by atoms with Crippen molar-refractivity contribution in [1.82, 2.24) is 10.6 Å². The van der Waals surface area contributed by atoms with Crippen LogP contribution in [0.3, 0.4) is 0 Å². The number of thiol groups is 1. The molecule has 0 saturated carbocycles. The van der Waals surface area contributed by atoms with Crippen molar-refractivity contribution in [3.05, 3.63) is 0 Å². The van der Waals surface area contributed by atoms with Crippen molar-refractivity contribution in [2.75, 3.05) is 0 Å². The smallest absolute Gasteiger partial charge is 0.315 e. The standard InChI is InChI=1S/C4H6N2O2S/c1-4(9)2(7)5-3(8)6-4/h9H,1H3,(H2,5,6,7,8). The maximum Gasteiger partial charge on any atom is 0.323 e. The summed E-state index contributed by atoms with van der Waals surface area (Å²) >= 11 is 3.86. The van der Waals surface area contributed by atoms with Crippen LogP contribution in [-0.2, 0) is 4.79 Å². The Labute approximate surface area is 57.4 Å². The van der Waals surface area contributed by atoms with Crippen molar-refractivity contribution in [3.63, 3.8) is 0 Å². The lowest BCUT2D eigenvalue weighted by Crippen LogP contribution is -2.37. The van der Waals surface area contributed by atoms with Crippen molar-refractivity contribution in [1.29, 1.82) is 0 Å². The third-order valence-electron chi connectivity index (χ3n) is 1.03. The van der Waals surface area contributed by atoms with Crippen LogP contribution in [0, 0.1) is 0 Å². The second kappa shape index (κ2) is 1.63. The number of carbonyl (C=O) groups excluding carboxylic acids is 2. The molecule has 1 rings (SSSR count). The highest BCUT2D eigenvalue weighted by Gasteiger charge is 2.38. The minimum atomic E-state index is -1.03. The Morgan fingerprint density at radius 2 is 2.11 bits per heavy atom. The Balaban J connectivity index is 2.81. The second-order valence-corrected chi connectivity index (χ2v) is 2.87. The number of imide groups is 1. The number of rotatable bonds is 0. The predicted molar refractivity (Wildman–Crippen MR) is 34.1 cm³/mol. The first-order valence-electron chi connectivity index (χ1n) is 2.38. The van der Waals surface area contributed by atoms with Crippen molar-refractivity contribution < 1.29 is 9.59 Å². The van der Waals surface area contributed by atoms with E-state index in [0.29, 0.717) is 0 Å². The molecule has 0 bridgehead atoms. The van der Waals surface area contributed by atoms with Crippen LogP contribution in [0.2, 0.25) is 0 Å². The van der Waals surface area contributed by atoms with Crippen molar-refractivity contribution in [3.8, 4) is 0 Å². The summed E-state index contributed by atoms with van der Waals surface area (Å²) in [6.07, 6.45) is 0. The van der Waals surface area contributed by atoms with Gasteiger partial charge in [0.25, 0.3) is 5.91 Å². The number of urea groups is 1. The maximum atomic E-state index is 10.6. The van der Waals surface area contributed by atoms with E-state index in [1.165, 1.54) is 6.92 Å². The lowest BCUT2D eigenvalue weighted by atomic mass is 10.3. The summed E-state index contributed by atoms with van der Waals surface area (Å²) in [5.41, 5.74) is 0. The van der Waals surface area contributed by atoms with E-state index >= 15 is 0 Å². The van der Waals surface area contributed by atoms with Crippen LogP contribution in [0.1, 0.15) is 6.92 Å². The summed E-state index contributed by atoms with van der Waals surface area (Å²) in [4.78, 5) is 20.0. The van der Waals surface area contributed by atoms with Gasteiger partial charge in [-0.2, -0.15) is 0 Å². The molecular formula is C4H6N2O2S. The van der Waals surface area contributed by atoms with Gasteiger partial charge in [0.2, 0.25) is 0 Å². The minimum Gasteiger partial charge on any atom is -0.315 e. The lowest BCUT2D eigenvalue weighted by molar-refractivity contribution is -0.120. The van der Waals surface area contributed by atoms with Crippen molar-refractivity contribution in [2.45, 2.75) is 11.8 Å². The van der Waals surface area contributed by atoms with E-state index in [9.17, 15) is 9.59 Å². The largest absolute Gasteiger partial charge is 0.323 e. The van der Waals surface area contributed by atoms with Crippen molar-refractivity contribution >= 4 is 24.6 Å². The molecule has 4 nitrogen and oxygen atoms in total. The van der Waals surface area contributed by atoms with Gasteiger partial charge in [-0.3, -0.25) is 10.1 Å². The molecule has 1 heterocycles. The van der Waals surface area contributed by atoms with E-state index < -0.39 is 16.8 Å². The van der Waals surface area contributed by atoms with Crippen LogP contribution in [0.4, 0.5) is 4.79 Å². The SMILES string of the molecule is CC1(S)NC(=O)NC1=O. The molecule has 1 fully saturated rings. The molecule has 0 spiro atoms. The lowest BCUT2D eigenvalue weighted by Gasteiger charge is -2.09. The van der Waals surface area contributed by atoms with E-state index in [4.69, 9.17) is 0 Å². The highest BCUT2D eigenvalue weighted by Crippen LogP contribution is 2.12. The van der Waals surface area contributed by atoms with Crippen LogP contribution in [0.15, 0.2) is 0 Å². The fraction of sp³-hybridized carbons (Fsp3) is 0.500. The molecule has 0 aromatic heterocycles. The predicted octanol–water partition coefficient (Wildman–Crippen LogP) is -0.528. The molecule has 1 aliphatic heterocycles. The summed E-state index contributed by atoms with van der Waals surface area (Å²) < 4.78 is 0. The van der Waals surface area contributed by atoms with Crippen LogP contribution < -0.4 is 10.6 Å². The van der Waals surface area contributed by atoms with Crippen LogP contribution in [0.5, 0.6) is 0 Å². The number of nitrogens with one attached hydrogen (secondary N) is 2. The average Bonchev–Trinajstić information content (AvgIpc) is 1.79. The highest BCUT2D eigenvalue weighted by molar-refractivity contribution is 7.82. The molecule has 1 aliphatic rings. The summed E-state index contributed by atoms with van der Waals surface area (Å²) in [5.74, 6) is -0.407. The molecule has 0 aromatic rings. The summed E-state index contributed by atoms with van der Waals surface area (Å²) in [7, 11) is 0. The van der Waals surface area contributed by atoms with Gasteiger partial charge in [-0.25, -0.2) is 4.79 Å². The highest BCUT2D eigenvalue weighted by atomic mass is 32.1.